The normalized spacial score (nSPS) is 27.3. The molecule has 2 heterocycles. The maximum Gasteiger partial charge on any atom is 0.387 e. The van der Waals surface area contributed by atoms with E-state index in [-0.39, 0.29) is 11.4 Å². The Balaban J connectivity index is 1.79. The van der Waals surface area contributed by atoms with Gasteiger partial charge in [-0.1, -0.05) is 0 Å². The van der Waals surface area contributed by atoms with E-state index in [0.717, 1.165) is 31.7 Å². The third-order valence-corrected chi connectivity index (χ3v) is 3.91. The topological polar surface area (TPSA) is 50.5 Å². The molecule has 19 heavy (non-hydrogen) atoms. The highest BCUT2D eigenvalue weighted by Gasteiger charge is 2.36. The first-order chi connectivity index (χ1) is 9.42. The third kappa shape index (κ3) is 2.45. The number of benzene rings is 1. The van der Waals surface area contributed by atoms with E-state index in [0.29, 0.717) is 12.0 Å². The summed E-state index contributed by atoms with van der Waals surface area (Å²) in [5, 5.41) is 3.43. The summed E-state index contributed by atoms with van der Waals surface area (Å²) < 4.78 is 36.1. The second-order valence-corrected chi connectivity index (χ2v) is 5.06. The Hall–Kier alpha value is -1.56. The number of nitrogens with one attached hydrogen (secondary N) is 1. The molecule has 0 saturated carbocycles. The second kappa shape index (κ2) is 4.85. The van der Waals surface area contributed by atoms with E-state index in [1.165, 1.54) is 12.1 Å². The van der Waals surface area contributed by atoms with E-state index in [9.17, 15) is 8.78 Å². The van der Waals surface area contributed by atoms with Gasteiger partial charge in [-0.25, -0.2) is 0 Å². The summed E-state index contributed by atoms with van der Waals surface area (Å²) in [5.41, 5.74) is 6.52. The van der Waals surface area contributed by atoms with Crippen molar-refractivity contribution in [3.63, 3.8) is 0 Å². The Labute approximate surface area is 111 Å². The fourth-order valence-corrected chi connectivity index (χ4v) is 2.95. The lowest BCUT2D eigenvalue weighted by molar-refractivity contribution is -0.0493. The average Bonchev–Trinajstić information content (AvgIpc) is 2.90. The molecular weight excluding hydrogens is 252 g/mol. The third-order valence-electron chi connectivity index (χ3n) is 3.91. The largest absolute Gasteiger partial charge is 0.433 e. The molecule has 2 saturated heterocycles. The van der Waals surface area contributed by atoms with Gasteiger partial charge in [0.15, 0.2) is 7.12 Å². The number of rotatable bonds is 3. The summed E-state index contributed by atoms with van der Waals surface area (Å²) in [6.07, 6.45) is 1.14. The van der Waals surface area contributed by atoms with Crippen molar-refractivity contribution < 1.29 is 14.9 Å². The summed E-state index contributed by atoms with van der Waals surface area (Å²) in [7, 11) is 0. The Bertz CT molecular complexity index is 497. The molecule has 2 atom stereocenters. The van der Waals surface area contributed by atoms with Crippen LogP contribution in [0.2, 0.25) is 0 Å². The van der Waals surface area contributed by atoms with Crippen LogP contribution < -0.4 is 20.7 Å². The zero-order chi connectivity index (χ0) is 14.3. The van der Waals surface area contributed by atoms with Gasteiger partial charge in [0.05, 0.1) is 5.69 Å². The summed E-state index contributed by atoms with van der Waals surface area (Å²) in [4.78, 5) is 2.13. The summed E-state index contributed by atoms with van der Waals surface area (Å²) in [5.74, 6) is 0.460. The standard InChI is InChI=1S/C13H17F2N3O/c14-13(15)19-12-5-9(1-2-10(12)16)18-6-8-3-4-17-11(8)7-18/h1-2,5,8,11,13,17H,3-4,6-7,16H2/i13D. The number of nitrogens with zero attached hydrogens (tertiary/aromatic N) is 1. The molecule has 3 rings (SSSR count). The predicted octanol–water partition coefficient (Wildman–Crippen LogP) is 1.67. The molecule has 0 aliphatic carbocycles. The predicted molar refractivity (Wildman–Crippen MR) is 69.6 cm³/mol. The molecule has 4 nitrogen and oxygen atoms in total. The number of hydrogen-bond donors (Lipinski definition) is 2. The molecule has 2 aliphatic rings. The lowest BCUT2D eigenvalue weighted by Gasteiger charge is -2.21. The Morgan fingerprint density at radius 1 is 1.47 bits per heavy atom. The first kappa shape index (κ1) is 11.3. The summed E-state index contributed by atoms with van der Waals surface area (Å²) in [6, 6.07) is 5.29. The van der Waals surface area contributed by atoms with Crippen LogP contribution >= 0.6 is 0 Å². The Kier molecular flexibility index (Phi) is 2.88. The molecule has 0 aromatic heterocycles. The van der Waals surface area contributed by atoms with Gasteiger partial charge >= 0.3 is 6.59 Å². The van der Waals surface area contributed by atoms with Crippen molar-refractivity contribution in [2.45, 2.75) is 19.1 Å². The maximum atomic E-state index is 12.7. The molecule has 3 N–H and O–H groups in total. The van der Waals surface area contributed by atoms with Gasteiger partial charge in [-0.15, -0.1) is 0 Å². The van der Waals surface area contributed by atoms with Crippen molar-refractivity contribution in [1.29, 1.82) is 0 Å². The van der Waals surface area contributed by atoms with Crippen molar-refractivity contribution in [3.8, 4) is 5.75 Å². The number of alkyl halides is 2. The first-order valence-corrected chi connectivity index (χ1v) is 6.37. The lowest BCUT2D eigenvalue weighted by Crippen LogP contribution is -2.30. The average molecular weight is 270 g/mol. The van der Waals surface area contributed by atoms with E-state index in [2.05, 4.69) is 15.0 Å². The zero-order valence-corrected chi connectivity index (χ0v) is 10.4. The number of nitrogen functional groups attached to an aromatic ring is 1. The molecule has 1 aromatic carbocycles. The van der Waals surface area contributed by atoms with Gasteiger partial charge in [-0.3, -0.25) is 0 Å². The summed E-state index contributed by atoms with van der Waals surface area (Å²) >= 11 is 0. The number of fused-ring (bicyclic) bond motifs is 1. The van der Waals surface area contributed by atoms with Crippen LogP contribution in [0.4, 0.5) is 20.2 Å². The first-order valence-electron chi connectivity index (χ1n) is 6.87. The van der Waals surface area contributed by atoms with Crippen LogP contribution in [0.3, 0.4) is 0 Å². The van der Waals surface area contributed by atoms with Crippen molar-refractivity contribution >= 4 is 11.4 Å². The molecule has 0 amide bonds. The van der Waals surface area contributed by atoms with Gasteiger partial charge in [0.2, 0.25) is 0 Å². The Morgan fingerprint density at radius 3 is 3.05 bits per heavy atom. The fourth-order valence-electron chi connectivity index (χ4n) is 2.95. The van der Waals surface area contributed by atoms with Gasteiger partial charge in [0, 0.05) is 30.9 Å². The molecular formula is C13H17F2N3O. The van der Waals surface area contributed by atoms with Gasteiger partial charge in [-0.2, -0.15) is 8.78 Å². The van der Waals surface area contributed by atoms with E-state index >= 15 is 0 Å². The van der Waals surface area contributed by atoms with Crippen LogP contribution in [0.15, 0.2) is 18.2 Å². The molecule has 6 heteroatoms. The smallest absolute Gasteiger partial charge is 0.387 e. The maximum absolute atomic E-state index is 12.7. The molecule has 2 fully saturated rings. The zero-order valence-electron chi connectivity index (χ0n) is 11.4. The second-order valence-electron chi connectivity index (χ2n) is 5.06. The molecule has 0 radical (unpaired) electrons. The van der Waals surface area contributed by atoms with Crippen LogP contribution in [-0.2, 0) is 0 Å². The molecule has 0 bridgehead atoms. The number of halogens is 2. The van der Waals surface area contributed by atoms with Gasteiger partial charge in [0.25, 0.3) is 0 Å². The molecule has 2 unspecified atom stereocenters. The molecule has 2 aliphatic heterocycles. The monoisotopic (exact) mass is 270 g/mol. The molecule has 1 aromatic rings. The van der Waals surface area contributed by atoms with Crippen LogP contribution in [0, 0.1) is 5.92 Å². The number of anilines is 2. The van der Waals surface area contributed by atoms with E-state index < -0.39 is 6.59 Å². The van der Waals surface area contributed by atoms with Crippen molar-refractivity contribution in [3.05, 3.63) is 18.2 Å². The van der Waals surface area contributed by atoms with Crippen molar-refractivity contribution in [2.75, 3.05) is 30.3 Å². The SMILES string of the molecule is [2H]C(F)(F)Oc1cc(N2CC3CCNC3C2)ccc1N. The van der Waals surface area contributed by atoms with Crippen LogP contribution in [0.25, 0.3) is 0 Å². The highest BCUT2D eigenvalue weighted by Crippen LogP contribution is 2.33. The van der Waals surface area contributed by atoms with Crippen molar-refractivity contribution in [2.24, 2.45) is 5.92 Å². The minimum Gasteiger partial charge on any atom is -0.433 e. The van der Waals surface area contributed by atoms with Gasteiger partial charge in [0.1, 0.15) is 0 Å². The minimum absolute atomic E-state index is 0.109. The van der Waals surface area contributed by atoms with Crippen LogP contribution in [-0.4, -0.2) is 32.3 Å². The molecule has 104 valence electrons. The van der Waals surface area contributed by atoms with Gasteiger partial charge in [-0.05, 0) is 31.0 Å². The highest BCUT2D eigenvalue weighted by atomic mass is 19.3. The quantitative estimate of drug-likeness (QED) is 0.820. The van der Waals surface area contributed by atoms with E-state index in [1.807, 2.05) is 0 Å². The van der Waals surface area contributed by atoms with E-state index in [1.54, 1.807) is 6.07 Å². The minimum atomic E-state index is -3.98. The van der Waals surface area contributed by atoms with E-state index in [4.69, 9.17) is 7.10 Å². The number of hydrogen-bond acceptors (Lipinski definition) is 4. The summed E-state index contributed by atoms with van der Waals surface area (Å²) in [6.45, 7) is -1.18. The lowest BCUT2D eigenvalue weighted by atomic mass is 10.1. The molecule has 0 spiro atoms. The van der Waals surface area contributed by atoms with Crippen LogP contribution in [0.5, 0.6) is 5.75 Å². The number of ether oxygens (including phenoxy) is 1. The number of nitrogens with two attached hydrogens (primary N) is 1. The van der Waals surface area contributed by atoms with Gasteiger partial charge < -0.3 is 20.7 Å². The highest BCUT2D eigenvalue weighted by molar-refractivity contribution is 5.63. The Morgan fingerprint density at radius 2 is 2.32 bits per heavy atom. The van der Waals surface area contributed by atoms with Crippen LogP contribution in [0.1, 0.15) is 7.79 Å². The van der Waals surface area contributed by atoms with Crippen molar-refractivity contribution in [1.82, 2.24) is 5.32 Å². The fraction of sp³-hybridized carbons (Fsp3) is 0.538.